The van der Waals surface area contributed by atoms with Crippen molar-refractivity contribution >= 4 is 5.91 Å². The molecule has 0 atom stereocenters. The number of carbonyl (C=O) groups excluding carboxylic acids is 1. The zero-order valence-electron chi connectivity index (χ0n) is 11.9. The van der Waals surface area contributed by atoms with Crippen LogP contribution in [-0.4, -0.2) is 45.3 Å². The van der Waals surface area contributed by atoms with E-state index in [9.17, 15) is 9.90 Å². The van der Waals surface area contributed by atoms with Gasteiger partial charge in [0.1, 0.15) is 5.69 Å². The van der Waals surface area contributed by atoms with Crippen LogP contribution in [0.3, 0.4) is 0 Å². The standard InChI is InChI=1S/C15H19N3O2/c1-15(2,20)10-18(3)14(19)13-9-12(16-17-13)11-7-5-4-6-8-11/h4-9,20H,10H2,1-3H3,(H,16,17). The van der Waals surface area contributed by atoms with Crippen LogP contribution in [0.2, 0.25) is 0 Å². The SMILES string of the molecule is CN(CC(C)(C)O)C(=O)c1cc(-c2ccccc2)n[nH]1. The van der Waals surface area contributed by atoms with Gasteiger partial charge < -0.3 is 10.0 Å². The second-order valence-electron chi connectivity index (χ2n) is 5.51. The maximum Gasteiger partial charge on any atom is 0.271 e. The minimum absolute atomic E-state index is 0.193. The van der Waals surface area contributed by atoms with Crippen LogP contribution < -0.4 is 0 Å². The molecule has 0 aliphatic rings. The van der Waals surface area contributed by atoms with Crippen molar-refractivity contribution in [3.05, 3.63) is 42.1 Å². The third kappa shape index (κ3) is 3.45. The zero-order valence-corrected chi connectivity index (χ0v) is 11.9. The molecule has 0 bridgehead atoms. The summed E-state index contributed by atoms with van der Waals surface area (Å²) < 4.78 is 0. The van der Waals surface area contributed by atoms with Crippen LogP contribution in [0.4, 0.5) is 0 Å². The summed E-state index contributed by atoms with van der Waals surface area (Å²) in [6.45, 7) is 3.59. The van der Waals surface area contributed by atoms with Crippen LogP contribution >= 0.6 is 0 Å². The fourth-order valence-electron chi connectivity index (χ4n) is 2.05. The lowest BCUT2D eigenvalue weighted by molar-refractivity contribution is 0.0365. The number of aliphatic hydroxyl groups is 1. The van der Waals surface area contributed by atoms with E-state index in [4.69, 9.17) is 0 Å². The molecule has 0 fully saturated rings. The third-order valence-corrected chi connectivity index (χ3v) is 2.85. The summed E-state index contributed by atoms with van der Waals surface area (Å²) in [7, 11) is 1.66. The van der Waals surface area contributed by atoms with Gasteiger partial charge in [0.05, 0.1) is 11.3 Å². The Bertz CT molecular complexity index is 585. The Kier molecular flexibility index (Phi) is 3.90. The van der Waals surface area contributed by atoms with Crippen molar-refractivity contribution in [1.82, 2.24) is 15.1 Å². The molecule has 0 saturated heterocycles. The van der Waals surface area contributed by atoms with Crippen LogP contribution in [0.25, 0.3) is 11.3 Å². The molecule has 1 aromatic heterocycles. The molecule has 1 heterocycles. The Morgan fingerprint density at radius 2 is 2.00 bits per heavy atom. The van der Waals surface area contributed by atoms with Crippen LogP contribution in [0.1, 0.15) is 24.3 Å². The largest absolute Gasteiger partial charge is 0.389 e. The van der Waals surface area contributed by atoms with Crippen LogP contribution in [0.15, 0.2) is 36.4 Å². The zero-order chi connectivity index (χ0) is 14.8. The lowest BCUT2D eigenvalue weighted by atomic mass is 10.1. The average Bonchev–Trinajstić information content (AvgIpc) is 2.86. The first-order chi connectivity index (χ1) is 9.37. The lowest BCUT2D eigenvalue weighted by Crippen LogP contribution is -2.39. The number of rotatable bonds is 4. The fourth-order valence-corrected chi connectivity index (χ4v) is 2.05. The number of hydrogen-bond donors (Lipinski definition) is 2. The van der Waals surface area contributed by atoms with Gasteiger partial charge >= 0.3 is 0 Å². The first-order valence-corrected chi connectivity index (χ1v) is 6.45. The summed E-state index contributed by atoms with van der Waals surface area (Å²) in [5.41, 5.74) is 1.17. The van der Waals surface area contributed by atoms with E-state index < -0.39 is 5.60 Å². The molecule has 1 amide bonds. The second kappa shape index (κ2) is 5.46. The Balaban J connectivity index is 2.15. The maximum absolute atomic E-state index is 12.2. The molecule has 0 unspecified atom stereocenters. The highest BCUT2D eigenvalue weighted by atomic mass is 16.3. The van der Waals surface area contributed by atoms with E-state index in [-0.39, 0.29) is 12.5 Å². The average molecular weight is 273 g/mol. The predicted octanol–water partition coefficient (Wildman–Crippen LogP) is 1.92. The third-order valence-electron chi connectivity index (χ3n) is 2.85. The van der Waals surface area contributed by atoms with Gasteiger partial charge in [-0.1, -0.05) is 30.3 Å². The summed E-state index contributed by atoms with van der Waals surface area (Å²) in [6.07, 6.45) is 0. The molecule has 2 rings (SSSR count). The number of amides is 1. The summed E-state index contributed by atoms with van der Waals surface area (Å²) in [4.78, 5) is 13.7. The van der Waals surface area contributed by atoms with Gasteiger partial charge in [0.2, 0.25) is 0 Å². The highest BCUT2D eigenvalue weighted by molar-refractivity contribution is 5.93. The Hall–Kier alpha value is -2.14. The van der Waals surface area contributed by atoms with E-state index in [1.165, 1.54) is 4.90 Å². The number of carbonyl (C=O) groups is 1. The summed E-state index contributed by atoms with van der Waals surface area (Å²) in [5.74, 6) is -0.193. The molecular formula is C15H19N3O2. The van der Waals surface area contributed by atoms with Crippen molar-refractivity contribution in [3.8, 4) is 11.3 Å². The molecular weight excluding hydrogens is 254 g/mol. The van der Waals surface area contributed by atoms with Crippen molar-refractivity contribution in [2.75, 3.05) is 13.6 Å². The molecule has 0 radical (unpaired) electrons. The van der Waals surface area contributed by atoms with E-state index in [0.717, 1.165) is 11.3 Å². The molecule has 0 aliphatic carbocycles. The topological polar surface area (TPSA) is 69.2 Å². The molecule has 0 spiro atoms. The van der Waals surface area contributed by atoms with E-state index in [0.29, 0.717) is 5.69 Å². The first kappa shape index (κ1) is 14.3. The van der Waals surface area contributed by atoms with Crippen molar-refractivity contribution in [3.63, 3.8) is 0 Å². The van der Waals surface area contributed by atoms with E-state index in [1.807, 2.05) is 30.3 Å². The molecule has 1 aromatic carbocycles. The molecule has 20 heavy (non-hydrogen) atoms. The van der Waals surface area contributed by atoms with Crippen molar-refractivity contribution < 1.29 is 9.90 Å². The van der Waals surface area contributed by atoms with Gasteiger partial charge in [-0.2, -0.15) is 5.10 Å². The normalized spacial score (nSPS) is 11.4. The van der Waals surface area contributed by atoms with Crippen LogP contribution in [-0.2, 0) is 0 Å². The number of hydrogen-bond acceptors (Lipinski definition) is 3. The van der Waals surface area contributed by atoms with Gasteiger partial charge in [-0.15, -0.1) is 0 Å². The summed E-state index contributed by atoms with van der Waals surface area (Å²) in [6, 6.07) is 11.4. The van der Waals surface area contributed by atoms with Crippen molar-refractivity contribution in [2.24, 2.45) is 0 Å². The van der Waals surface area contributed by atoms with Gasteiger partial charge in [-0.05, 0) is 19.9 Å². The van der Waals surface area contributed by atoms with E-state index in [1.54, 1.807) is 27.0 Å². The molecule has 106 valence electrons. The molecule has 2 aromatic rings. The number of H-pyrrole nitrogens is 1. The summed E-state index contributed by atoms with van der Waals surface area (Å²) >= 11 is 0. The van der Waals surface area contributed by atoms with Crippen LogP contribution in [0, 0.1) is 0 Å². The van der Waals surface area contributed by atoms with Gasteiger partial charge in [0.25, 0.3) is 5.91 Å². The fraction of sp³-hybridized carbons (Fsp3) is 0.333. The van der Waals surface area contributed by atoms with Gasteiger partial charge in [-0.3, -0.25) is 9.89 Å². The number of benzene rings is 1. The van der Waals surface area contributed by atoms with Gasteiger partial charge in [0, 0.05) is 19.2 Å². The highest BCUT2D eigenvalue weighted by Crippen LogP contribution is 2.17. The highest BCUT2D eigenvalue weighted by Gasteiger charge is 2.21. The molecule has 5 nitrogen and oxygen atoms in total. The first-order valence-electron chi connectivity index (χ1n) is 6.45. The predicted molar refractivity (Wildman–Crippen MR) is 77.3 cm³/mol. The minimum atomic E-state index is -0.924. The maximum atomic E-state index is 12.2. The number of aromatic nitrogens is 2. The van der Waals surface area contributed by atoms with Crippen molar-refractivity contribution in [1.29, 1.82) is 0 Å². The molecule has 2 N–H and O–H groups in total. The second-order valence-corrected chi connectivity index (χ2v) is 5.51. The number of aromatic amines is 1. The number of likely N-dealkylation sites (N-methyl/N-ethyl adjacent to an activating group) is 1. The number of nitrogens with one attached hydrogen (secondary N) is 1. The van der Waals surface area contributed by atoms with E-state index in [2.05, 4.69) is 10.2 Å². The summed E-state index contributed by atoms with van der Waals surface area (Å²) in [5, 5.41) is 16.6. The smallest absolute Gasteiger partial charge is 0.271 e. The van der Waals surface area contributed by atoms with E-state index >= 15 is 0 Å². The Morgan fingerprint density at radius 1 is 1.35 bits per heavy atom. The van der Waals surface area contributed by atoms with Crippen molar-refractivity contribution in [2.45, 2.75) is 19.4 Å². The Labute approximate surface area is 118 Å². The lowest BCUT2D eigenvalue weighted by Gasteiger charge is -2.24. The van der Waals surface area contributed by atoms with Gasteiger partial charge in [0.15, 0.2) is 0 Å². The molecule has 0 aliphatic heterocycles. The molecule has 0 saturated carbocycles. The molecule has 5 heteroatoms. The monoisotopic (exact) mass is 273 g/mol. The number of nitrogens with zero attached hydrogens (tertiary/aromatic N) is 2. The Morgan fingerprint density at radius 3 is 2.60 bits per heavy atom. The quantitative estimate of drug-likeness (QED) is 0.894. The van der Waals surface area contributed by atoms with Crippen LogP contribution in [0.5, 0.6) is 0 Å². The van der Waals surface area contributed by atoms with Gasteiger partial charge in [-0.25, -0.2) is 0 Å². The minimum Gasteiger partial charge on any atom is -0.389 e.